The summed E-state index contributed by atoms with van der Waals surface area (Å²) in [5.41, 5.74) is 1.20. The van der Waals surface area contributed by atoms with Crippen LogP contribution in [0, 0.1) is 0 Å². The normalized spacial score (nSPS) is 10.4. The van der Waals surface area contributed by atoms with E-state index in [1.807, 2.05) is 24.3 Å². The Morgan fingerprint density at radius 1 is 1.29 bits per heavy atom. The summed E-state index contributed by atoms with van der Waals surface area (Å²) < 4.78 is 5.14. The number of aliphatic imine (C=N–C) groups is 1. The number of carbonyl (C=O) groups excluding carboxylic acids is 1. The second-order valence-corrected chi connectivity index (χ2v) is 5.15. The predicted octanol–water partition coefficient (Wildman–Crippen LogP) is 1.67. The van der Waals surface area contributed by atoms with Crippen molar-refractivity contribution in [2.75, 3.05) is 40.8 Å². The first-order valence-corrected chi connectivity index (χ1v) is 7.53. The van der Waals surface area contributed by atoms with Crippen LogP contribution >= 0.6 is 24.0 Å². The quantitative estimate of drug-likeness (QED) is 0.276. The first-order valence-electron chi connectivity index (χ1n) is 7.53. The Morgan fingerprint density at radius 3 is 2.50 bits per heavy atom. The SMILES string of the molecule is C=CCNC(=NCC(=O)N(C)C)NCCc1ccc(OC)cc1.I. The van der Waals surface area contributed by atoms with Crippen LogP contribution in [-0.4, -0.2) is 57.6 Å². The number of amides is 1. The Balaban J connectivity index is 0.00000529. The molecule has 7 heteroatoms. The summed E-state index contributed by atoms with van der Waals surface area (Å²) in [7, 11) is 5.08. The maximum atomic E-state index is 11.6. The summed E-state index contributed by atoms with van der Waals surface area (Å²) in [5.74, 6) is 1.41. The number of halogens is 1. The number of benzene rings is 1. The van der Waals surface area contributed by atoms with Gasteiger partial charge in [0.25, 0.3) is 0 Å². The van der Waals surface area contributed by atoms with Crippen molar-refractivity contribution < 1.29 is 9.53 Å². The van der Waals surface area contributed by atoms with Gasteiger partial charge < -0.3 is 20.3 Å². The lowest BCUT2D eigenvalue weighted by Crippen LogP contribution is -2.39. The van der Waals surface area contributed by atoms with E-state index in [-0.39, 0.29) is 36.4 Å². The molecule has 0 atom stereocenters. The van der Waals surface area contributed by atoms with Crippen molar-refractivity contribution in [3.05, 3.63) is 42.5 Å². The van der Waals surface area contributed by atoms with Gasteiger partial charge in [-0.3, -0.25) is 4.79 Å². The molecule has 0 saturated heterocycles. The van der Waals surface area contributed by atoms with Gasteiger partial charge in [-0.1, -0.05) is 18.2 Å². The van der Waals surface area contributed by atoms with Gasteiger partial charge in [0.05, 0.1) is 7.11 Å². The highest BCUT2D eigenvalue weighted by atomic mass is 127. The number of ether oxygens (including phenoxy) is 1. The van der Waals surface area contributed by atoms with Crippen LogP contribution < -0.4 is 15.4 Å². The van der Waals surface area contributed by atoms with Crippen molar-refractivity contribution in [1.82, 2.24) is 15.5 Å². The van der Waals surface area contributed by atoms with Gasteiger partial charge in [0.1, 0.15) is 12.3 Å². The third-order valence-corrected chi connectivity index (χ3v) is 3.15. The fraction of sp³-hybridized carbons (Fsp3) is 0.412. The molecule has 0 aromatic heterocycles. The van der Waals surface area contributed by atoms with Crippen molar-refractivity contribution in [1.29, 1.82) is 0 Å². The van der Waals surface area contributed by atoms with E-state index in [4.69, 9.17) is 4.74 Å². The molecule has 0 fully saturated rings. The van der Waals surface area contributed by atoms with Gasteiger partial charge >= 0.3 is 0 Å². The minimum atomic E-state index is -0.0418. The van der Waals surface area contributed by atoms with Crippen molar-refractivity contribution in [3.8, 4) is 5.75 Å². The van der Waals surface area contributed by atoms with Gasteiger partial charge in [-0.25, -0.2) is 4.99 Å². The van der Waals surface area contributed by atoms with Crippen LogP contribution in [0.4, 0.5) is 0 Å². The van der Waals surface area contributed by atoms with Crippen molar-refractivity contribution in [2.45, 2.75) is 6.42 Å². The van der Waals surface area contributed by atoms with E-state index in [1.165, 1.54) is 10.5 Å². The van der Waals surface area contributed by atoms with Crippen molar-refractivity contribution in [3.63, 3.8) is 0 Å². The Morgan fingerprint density at radius 2 is 1.96 bits per heavy atom. The van der Waals surface area contributed by atoms with Crippen LogP contribution in [0.25, 0.3) is 0 Å². The maximum Gasteiger partial charge on any atom is 0.243 e. The van der Waals surface area contributed by atoms with Crippen molar-refractivity contribution in [2.24, 2.45) is 4.99 Å². The number of likely N-dealkylation sites (N-methyl/N-ethyl adjacent to an activating group) is 1. The van der Waals surface area contributed by atoms with Gasteiger partial charge in [-0.05, 0) is 24.1 Å². The van der Waals surface area contributed by atoms with Crippen LogP contribution in [0.15, 0.2) is 41.9 Å². The molecule has 0 bridgehead atoms. The molecule has 0 saturated carbocycles. The van der Waals surface area contributed by atoms with Crippen LogP contribution in [0.2, 0.25) is 0 Å². The smallest absolute Gasteiger partial charge is 0.243 e. The Hall–Kier alpha value is -1.77. The zero-order valence-corrected chi connectivity index (χ0v) is 16.9. The highest BCUT2D eigenvalue weighted by Crippen LogP contribution is 2.11. The molecular formula is C17H27IN4O2. The largest absolute Gasteiger partial charge is 0.497 e. The fourth-order valence-corrected chi connectivity index (χ4v) is 1.75. The van der Waals surface area contributed by atoms with E-state index in [9.17, 15) is 4.79 Å². The second kappa shape index (κ2) is 12.6. The van der Waals surface area contributed by atoms with Gasteiger partial charge in [0.2, 0.25) is 5.91 Å². The lowest BCUT2D eigenvalue weighted by molar-refractivity contribution is -0.127. The van der Waals surface area contributed by atoms with Gasteiger partial charge in [-0.15, -0.1) is 30.6 Å². The molecule has 1 rings (SSSR count). The zero-order valence-electron chi connectivity index (χ0n) is 14.5. The molecule has 0 spiro atoms. The number of hydrogen-bond donors (Lipinski definition) is 2. The van der Waals surface area contributed by atoms with Crippen LogP contribution in [-0.2, 0) is 11.2 Å². The van der Waals surface area contributed by atoms with E-state index in [1.54, 1.807) is 27.3 Å². The molecule has 0 unspecified atom stereocenters. The molecule has 1 aromatic rings. The standard InChI is InChI=1S/C17H26N4O2.HI/c1-5-11-18-17(20-13-16(22)21(2)3)19-12-10-14-6-8-15(23-4)9-7-14;/h5-9H,1,10-13H2,2-4H3,(H2,18,19,20);1H. The van der Waals surface area contributed by atoms with E-state index < -0.39 is 0 Å². The van der Waals surface area contributed by atoms with Gasteiger partial charge in [0.15, 0.2) is 5.96 Å². The zero-order chi connectivity index (χ0) is 17.1. The van der Waals surface area contributed by atoms with E-state index in [0.29, 0.717) is 19.0 Å². The molecule has 134 valence electrons. The topological polar surface area (TPSA) is 66.0 Å². The van der Waals surface area contributed by atoms with Crippen LogP contribution in [0.3, 0.4) is 0 Å². The third-order valence-electron chi connectivity index (χ3n) is 3.15. The molecule has 0 aliphatic heterocycles. The maximum absolute atomic E-state index is 11.6. The molecule has 0 radical (unpaired) electrons. The molecule has 1 aromatic carbocycles. The first kappa shape index (κ1) is 22.2. The molecule has 1 amide bonds. The summed E-state index contributed by atoms with van der Waals surface area (Å²) in [6, 6.07) is 7.94. The first-order chi connectivity index (χ1) is 11.1. The highest BCUT2D eigenvalue weighted by Gasteiger charge is 2.04. The summed E-state index contributed by atoms with van der Waals surface area (Å²) in [5, 5.41) is 6.31. The minimum absolute atomic E-state index is 0. The van der Waals surface area contributed by atoms with E-state index in [2.05, 4.69) is 22.2 Å². The molecule has 0 aliphatic carbocycles. The lowest BCUT2D eigenvalue weighted by atomic mass is 10.1. The predicted molar refractivity (Wildman–Crippen MR) is 109 cm³/mol. The lowest BCUT2D eigenvalue weighted by Gasteiger charge is -2.13. The number of guanidine groups is 1. The molecule has 0 heterocycles. The molecular weight excluding hydrogens is 419 g/mol. The second-order valence-electron chi connectivity index (χ2n) is 5.15. The number of rotatable bonds is 8. The Kier molecular flexibility index (Phi) is 11.7. The third kappa shape index (κ3) is 8.76. The summed E-state index contributed by atoms with van der Waals surface area (Å²) >= 11 is 0. The molecule has 0 aliphatic rings. The number of nitrogens with zero attached hydrogens (tertiary/aromatic N) is 2. The number of methoxy groups -OCH3 is 1. The van der Waals surface area contributed by atoms with Gasteiger partial charge in [-0.2, -0.15) is 0 Å². The summed E-state index contributed by atoms with van der Waals surface area (Å²) in [6.45, 7) is 5.08. The number of nitrogens with one attached hydrogen (secondary N) is 2. The average molecular weight is 446 g/mol. The van der Waals surface area contributed by atoms with Gasteiger partial charge in [0, 0.05) is 27.2 Å². The highest BCUT2D eigenvalue weighted by molar-refractivity contribution is 14.0. The minimum Gasteiger partial charge on any atom is -0.497 e. The van der Waals surface area contributed by atoms with E-state index in [0.717, 1.165) is 12.2 Å². The Labute approximate surface area is 161 Å². The summed E-state index contributed by atoms with van der Waals surface area (Å²) in [4.78, 5) is 17.4. The number of carbonyl (C=O) groups is 1. The Bertz CT molecular complexity index is 530. The van der Waals surface area contributed by atoms with Crippen LogP contribution in [0.5, 0.6) is 5.75 Å². The monoisotopic (exact) mass is 446 g/mol. The van der Waals surface area contributed by atoms with Crippen molar-refractivity contribution >= 4 is 35.8 Å². The number of hydrogen-bond acceptors (Lipinski definition) is 3. The molecule has 6 nitrogen and oxygen atoms in total. The van der Waals surface area contributed by atoms with E-state index >= 15 is 0 Å². The fourth-order valence-electron chi connectivity index (χ4n) is 1.75. The summed E-state index contributed by atoms with van der Waals surface area (Å²) in [6.07, 6.45) is 2.59. The molecule has 2 N–H and O–H groups in total. The van der Waals surface area contributed by atoms with Crippen LogP contribution in [0.1, 0.15) is 5.56 Å². The average Bonchev–Trinajstić information content (AvgIpc) is 2.56. The molecule has 24 heavy (non-hydrogen) atoms.